The van der Waals surface area contributed by atoms with Crippen LogP contribution in [0.3, 0.4) is 0 Å². The Kier molecular flexibility index (Phi) is 8.28. The van der Waals surface area contributed by atoms with Gasteiger partial charge in [-0.1, -0.05) is 74.5 Å². The molecular weight excluding hydrogens is 484 g/mol. The SMILES string of the molecule is CC(C)C(=O)N(N)[C@H](COCc1ccccc1)C(=O)N1CCC2C(=O)N(C)C(=O)C2(Cc2ccccc2)C1. The molecule has 4 rings (SSSR count). The van der Waals surface area contributed by atoms with Gasteiger partial charge in [0, 0.05) is 26.1 Å². The third-order valence-electron chi connectivity index (χ3n) is 7.62. The number of piperidine rings is 1. The Balaban J connectivity index is 1.59. The summed E-state index contributed by atoms with van der Waals surface area (Å²) >= 11 is 0. The molecule has 2 aliphatic heterocycles. The Bertz CT molecular complexity index is 1170. The van der Waals surface area contributed by atoms with E-state index in [-0.39, 0.29) is 44.0 Å². The number of hydrogen-bond donors (Lipinski definition) is 1. The first-order valence-corrected chi connectivity index (χ1v) is 13.0. The average Bonchev–Trinajstić information content (AvgIpc) is 3.11. The van der Waals surface area contributed by atoms with Gasteiger partial charge in [0.05, 0.1) is 24.5 Å². The molecule has 38 heavy (non-hydrogen) atoms. The van der Waals surface area contributed by atoms with Crippen LogP contribution in [0.4, 0.5) is 0 Å². The van der Waals surface area contributed by atoms with Gasteiger partial charge in [0.15, 0.2) is 0 Å². The summed E-state index contributed by atoms with van der Waals surface area (Å²) in [5.41, 5.74) is 0.775. The highest BCUT2D eigenvalue weighted by Gasteiger charge is 2.60. The number of imide groups is 1. The maximum atomic E-state index is 13.9. The fourth-order valence-corrected chi connectivity index (χ4v) is 5.53. The number of nitrogens with two attached hydrogens (primary N) is 1. The zero-order valence-corrected chi connectivity index (χ0v) is 22.2. The van der Waals surface area contributed by atoms with Crippen LogP contribution in [0, 0.1) is 17.3 Å². The van der Waals surface area contributed by atoms with Crippen LogP contribution in [-0.4, -0.2) is 71.2 Å². The first-order valence-electron chi connectivity index (χ1n) is 13.0. The summed E-state index contributed by atoms with van der Waals surface area (Å²) in [6.45, 7) is 3.94. The van der Waals surface area contributed by atoms with Crippen molar-refractivity contribution in [3.05, 3.63) is 71.8 Å². The predicted molar refractivity (Wildman–Crippen MR) is 141 cm³/mol. The van der Waals surface area contributed by atoms with Crippen molar-refractivity contribution in [1.82, 2.24) is 14.8 Å². The van der Waals surface area contributed by atoms with Crippen molar-refractivity contribution in [2.24, 2.45) is 23.1 Å². The van der Waals surface area contributed by atoms with Crippen LogP contribution in [-0.2, 0) is 36.9 Å². The second kappa shape index (κ2) is 11.4. The molecular formula is C29H36N4O5. The van der Waals surface area contributed by atoms with E-state index in [1.165, 1.54) is 11.9 Å². The summed E-state index contributed by atoms with van der Waals surface area (Å²) in [6, 6.07) is 18.0. The maximum absolute atomic E-state index is 13.9. The number of nitrogens with zero attached hydrogens (tertiary/aromatic N) is 3. The third kappa shape index (κ3) is 5.35. The monoisotopic (exact) mass is 520 g/mol. The first-order chi connectivity index (χ1) is 18.2. The van der Waals surface area contributed by atoms with Crippen LogP contribution in [0.2, 0.25) is 0 Å². The van der Waals surface area contributed by atoms with Gasteiger partial charge in [-0.15, -0.1) is 0 Å². The lowest BCUT2D eigenvalue weighted by atomic mass is 9.68. The van der Waals surface area contributed by atoms with Gasteiger partial charge in [0.25, 0.3) is 0 Å². The Morgan fingerprint density at radius 3 is 2.26 bits per heavy atom. The number of amides is 4. The molecule has 3 atom stereocenters. The standard InChI is InChI=1S/C29H36N4O5/c1-20(2)25(34)33(30)24(18-38-17-22-12-8-5-9-13-22)27(36)32-15-14-23-26(35)31(3)28(37)29(23,19-32)16-21-10-6-4-7-11-21/h4-13,20,23-24H,14-19,30H2,1-3H3/t23?,24-,29?/m1/s1. The van der Waals surface area contributed by atoms with E-state index in [2.05, 4.69) is 0 Å². The molecule has 0 saturated carbocycles. The van der Waals surface area contributed by atoms with Gasteiger partial charge in [-0.05, 0) is 24.0 Å². The summed E-state index contributed by atoms with van der Waals surface area (Å²) in [5, 5.41) is 0.960. The average molecular weight is 521 g/mol. The molecule has 0 radical (unpaired) electrons. The summed E-state index contributed by atoms with van der Waals surface area (Å²) in [7, 11) is 1.50. The Hall–Kier alpha value is -3.56. The molecule has 2 aromatic carbocycles. The molecule has 2 heterocycles. The number of rotatable bonds is 9. The van der Waals surface area contributed by atoms with Gasteiger partial charge >= 0.3 is 0 Å². The van der Waals surface area contributed by atoms with E-state index in [0.717, 1.165) is 16.1 Å². The normalized spacial score (nSPS) is 22.0. The Morgan fingerprint density at radius 2 is 1.66 bits per heavy atom. The van der Waals surface area contributed by atoms with Gasteiger partial charge < -0.3 is 9.64 Å². The molecule has 2 saturated heterocycles. The van der Waals surface area contributed by atoms with Crippen LogP contribution in [0.1, 0.15) is 31.4 Å². The number of hydrazine groups is 1. The zero-order valence-electron chi connectivity index (χ0n) is 22.2. The molecule has 0 aromatic heterocycles. The molecule has 0 spiro atoms. The maximum Gasteiger partial charge on any atom is 0.249 e. The summed E-state index contributed by atoms with van der Waals surface area (Å²) in [4.78, 5) is 56.0. The Morgan fingerprint density at radius 1 is 1.05 bits per heavy atom. The second-order valence-corrected chi connectivity index (χ2v) is 10.5. The third-order valence-corrected chi connectivity index (χ3v) is 7.62. The molecule has 0 bridgehead atoms. The topological polar surface area (TPSA) is 113 Å². The lowest BCUT2D eigenvalue weighted by Crippen LogP contribution is -2.61. The van der Waals surface area contributed by atoms with E-state index in [4.69, 9.17) is 10.6 Å². The van der Waals surface area contributed by atoms with Crippen molar-refractivity contribution in [3.8, 4) is 0 Å². The fourth-order valence-electron chi connectivity index (χ4n) is 5.53. The van der Waals surface area contributed by atoms with E-state index in [0.29, 0.717) is 12.8 Å². The summed E-state index contributed by atoms with van der Waals surface area (Å²) in [6.07, 6.45) is 0.692. The number of ether oxygens (including phenoxy) is 1. The number of carbonyl (C=O) groups is 4. The molecule has 2 N–H and O–H groups in total. The van der Waals surface area contributed by atoms with Crippen LogP contribution < -0.4 is 5.84 Å². The van der Waals surface area contributed by atoms with Crippen molar-refractivity contribution >= 4 is 23.6 Å². The van der Waals surface area contributed by atoms with Gasteiger partial charge in [-0.2, -0.15) is 0 Å². The lowest BCUT2D eigenvalue weighted by Gasteiger charge is -2.43. The first kappa shape index (κ1) is 27.5. The highest BCUT2D eigenvalue weighted by atomic mass is 16.5. The predicted octanol–water partition coefficient (Wildman–Crippen LogP) is 2.01. The summed E-state index contributed by atoms with van der Waals surface area (Å²) < 4.78 is 5.86. The minimum absolute atomic E-state index is 0.0687. The lowest BCUT2D eigenvalue weighted by molar-refractivity contribution is -0.155. The summed E-state index contributed by atoms with van der Waals surface area (Å²) in [5.74, 6) is 4.01. The second-order valence-electron chi connectivity index (χ2n) is 10.5. The zero-order chi connectivity index (χ0) is 27.4. The van der Waals surface area contributed by atoms with E-state index in [1.54, 1.807) is 18.7 Å². The molecule has 202 valence electrons. The number of likely N-dealkylation sites (tertiary alicyclic amines) is 2. The van der Waals surface area contributed by atoms with Gasteiger partial charge in [0.2, 0.25) is 23.6 Å². The number of fused-ring (bicyclic) bond motifs is 1. The highest BCUT2D eigenvalue weighted by Crippen LogP contribution is 2.46. The van der Waals surface area contributed by atoms with Crippen molar-refractivity contribution in [2.45, 2.75) is 39.3 Å². The van der Waals surface area contributed by atoms with Gasteiger partial charge in [-0.3, -0.25) is 29.1 Å². The largest absolute Gasteiger partial charge is 0.374 e. The number of hydrogen-bond acceptors (Lipinski definition) is 6. The number of benzene rings is 2. The van der Waals surface area contributed by atoms with Gasteiger partial charge in [-0.25, -0.2) is 5.84 Å². The molecule has 9 nitrogen and oxygen atoms in total. The van der Waals surface area contributed by atoms with Crippen LogP contribution >= 0.6 is 0 Å². The van der Waals surface area contributed by atoms with E-state index in [9.17, 15) is 19.2 Å². The van der Waals surface area contributed by atoms with Crippen LogP contribution in [0.15, 0.2) is 60.7 Å². The minimum Gasteiger partial charge on any atom is -0.374 e. The van der Waals surface area contributed by atoms with Crippen molar-refractivity contribution in [3.63, 3.8) is 0 Å². The molecule has 2 fully saturated rings. The molecule has 0 aliphatic carbocycles. The van der Waals surface area contributed by atoms with Crippen LogP contribution in [0.5, 0.6) is 0 Å². The molecule has 2 aliphatic rings. The minimum atomic E-state index is -1.07. The van der Waals surface area contributed by atoms with Crippen LogP contribution in [0.25, 0.3) is 0 Å². The quantitative estimate of drug-likeness (QED) is 0.234. The van der Waals surface area contributed by atoms with E-state index in [1.807, 2.05) is 60.7 Å². The molecule has 2 aromatic rings. The molecule has 4 amide bonds. The molecule has 2 unspecified atom stereocenters. The molecule has 9 heteroatoms. The Labute approximate surface area is 223 Å². The smallest absolute Gasteiger partial charge is 0.249 e. The van der Waals surface area contributed by atoms with E-state index < -0.39 is 29.2 Å². The van der Waals surface area contributed by atoms with Crippen molar-refractivity contribution < 1.29 is 23.9 Å². The fraction of sp³-hybridized carbons (Fsp3) is 0.448. The van der Waals surface area contributed by atoms with Crippen molar-refractivity contribution in [1.29, 1.82) is 0 Å². The number of carbonyl (C=O) groups excluding carboxylic acids is 4. The van der Waals surface area contributed by atoms with Crippen molar-refractivity contribution in [2.75, 3.05) is 26.7 Å². The highest BCUT2D eigenvalue weighted by molar-refractivity contribution is 6.08. The van der Waals surface area contributed by atoms with Gasteiger partial charge in [0.1, 0.15) is 6.04 Å². The van der Waals surface area contributed by atoms with E-state index >= 15 is 0 Å².